The molecule has 0 fully saturated rings. The number of carbonyl (C=O) groups excluding carboxylic acids is 1. The molecule has 0 bridgehead atoms. The van der Waals surface area contributed by atoms with Gasteiger partial charge in [0.05, 0.1) is 0 Å². The van der Waals surface area contributed by atoms with E-state index in [1.807, 2.05) is 6.92 Å². The second kappa shape index (κ2) is 4.21. The third-order valence-electron chi connectivity index (χ3n) is 1.94. The van der Waals surface area contributed by atoms with E-state index in [4.69, 9.17) is 9.15 Å². The van der Waals surface area contributed by atoms with Crippen LogP contribution in [0, 0.1) is 6.92 Å². The number of hydrogen-bond donors (Lipinski definition) is 1. The van der Waals surface area contributed by atoms with Gasteiger partial charge in [0.15, 0.2) is 0 Å². The van der Waals surface area contributed by atoms with Crippen molar-refractivity contribution in [2.45, 2.75) is 27.2 Å². The zero-order valence-electron chi connectivity index (χ0n) is 9.09. The molecule has 1 rings (SSSR count). The summed E-state index contributed by atoms with van der Waals surface area (Å²) < 4.78 is 10.2. The van der Waals surface area contributed by atoms with Crippen LogP contribution >= 0.6 is 0 Å². The Labute approximate surface area is 88.2 Å². The third-order valence-corrected chi connectivity index (χ3v) is 1.94. The molecule has 0 aliphatic rings. The summed E-state index contributed by atoms with van der Waals surface area (Å²) in [7, 11) is 0. The van der Waals surface area contributed by atoms with Gasteiger partial charge in [0.25, 0.3) is 0 Å². The molecule has 0 aliphatic heterocycles. The highest BCUT2D eigenvalue weighted by atomic mass is 16.6. The predicted octanol–water partition coefficient (Wildman–Crippen LogP) is 2.34. The van der Waals surface area contributed by atoms with Crippen LogP contribution in [0.5, 0.6) is 11.5 Å². The molecule has 0 saturated carbocycles. The molecule has 0 aromatic carbocycles. The lowest BCUT2D eigenvalue weighted by Crippen LogP contribution is -2.08. The first-order chi connectivity index (χ1) is 6.97. The van der Waals surface area contributed by atoms with Crippen LogP contribution in [0.1, 0.15) is 25.4 Å². The van der Waals surface area contributed by atoms with E-state index in [-0.39, 0.29) is 17.1 Å². The fourth-order valence-corrected chi connectivity index (χ4v) is 1.11. The standard InChI is InChI=1S/C11H14O4/c1-5-8-9(12)10(7(4)14-8)15-11(13)6(2)3/h12H,2,5H2,1,3-4H3. The highest BCUT2D eigenvalue weighted by Gasteiger charge is 2.20. The number of furan rings is 1. The summed E-state index contributed by atoms with van der Waals surface area (Å²) in [4.78, 5) is 11.2. The van der Waals surface area contributed by atoms with E-state index in [0.29, 0.717) is 17.9 Å². The minimum absolute atomic E-state index is 0.0832. The molecule has 82 valence electrons. The average molecular weight is 210 g/mol. The van der Waals surface area contributed by atoms with Crippen molar-refractivity contribution in [1.29, 1.82) is 0 Å². The van der Waals surface area contributed by atoms with Crippen LogP contribution in [0.2, 0.25) is 0 Å². The minimum atomic E-state index is -0.572. The van der Waals surface area contributed by atoms with Gasteiger partial charge in [-0.3, -0.25) is 0 Å². The fourth-order valence-electron chi connectivity index (χ4n) is 1.11. The van der Waals surface area contributed by atoms with Crippen LogP contribution in [0.15, 0.2) is 16.6 Å². The Bertz CT molecular complexity index is 401. The molecule has 0 atom stereocenters. The summed E-state index contributed by atoms with van der Waals surface area (Å²) in [6, 6.07) is 0. The van der Waals surface area contributed by atoms with E-state index in [0.717, 1.165) is 0 Å². The molecular weight excluding hydrogens is 196 g/mol. The van der Waals surface area contributed by atoms with E-state index < -0.39 is 5.97 Å². The number of aromatic hydroxyl groups is 1. The molecule has 0 spiro atoms. The first-order valence-electron chi connectivity index (χ1n) is 4.66. The Morgan fingerprint density at radius 1 is 1.60 bits per heavy atom. The van der Waals surface area contributed by atoms with E-state index in [1.54, 1.807) is 6.92 Å². The zero-order chi connectivity index (χ0) is 11.6. The smallest absolute Gasteiger partial charge is 0.338 e. The second-order valence-electron chi connectivity index (χ2n) is 3.28. The van der Waals surface area contributed by atoms with Crippen molar-refractivity contribution < 1.29 is 19.1 Å². The molecule has 15 heavy (non-hydrogen) atoms. The minimum Gasteiger partial charge on any atom is -0.502 e. The third kappa shape index (κ3) is 2.21. The van der Waals surface area contributed by atoms with Crippen molar-refractivity contribution >= 4 is 5.97 Å². The molecular formula is C11H14O4. The molecule has 0 aliphatic carbocycles. The van der Waals surface area contributed by atoms with Gasteiger partial charge in [-0.05, 0) is 13.8 Å². The first kappa shape index (κ1) is 11.4. The predicted molar refractivity (Wildman–Crippen MR) is 54.9 cm³/mol. The summed E-state index contributed by atoms with van der Waals surface area (Å²) >= 11 is 0. The van der Waals surface area contributed by atoms with Crippen molar-refractivity contribution in [3.05, 3.63) is 23.7 Å². The maximum Gasteiger partial charge on any atom is 0.338 e. The molecule has 1 aromatic heterocycles. The maximum absolute atomic E-state index is 11.2. The number of hydrogen-bond acceptors (Lipinski definition) is 4. The maximum atomic E-state index is 11.2. The topological polar surface area (TPSA) is 59.7 Å². The highest BCUT2D eigenvalue weighted by Crippen LogP contribution is 2.37. The monoisotopic (exact) mass is 210 g/mol. The Kier molecular flexibility index (Phi) is 3.19. The summed E-state index contributed by atoms with van der Waals surface area (Å²) in [6.45, 7) is 8.45. The number of ether oxygens (including phenoxy) is 1. The largest absolute Gasteiger partial charge is 0.502 e. The molecule has 1 heterocycles. The number of carbonyl (C=O) groups is 1. The van der Waals surface area contributed by atoms with Crippen molar-refractivity contribution in [1.82, 2.24) is 0 Å². The molecule has 1 aromatic rings. The van der Waals surface area contributed by atoms with Crippen LogP contribution in [0.25, 0.3) is 0 Å². The van der Waals surface area contributed by atoms with E-state index in [1.165, 1.54) is 6.92 Å². The van der Waals surface area contributed by atoms with E-state index >= 15 is 0 Å². The summed E-state index contributed by atoms with van der Waals surface area (Å²) in [5.41, 5.74) is 0.271. The van der Waals surface area contributed by atoms with Gasteiger partial charge in [0, 0.05) is 12.0 Å². The lowest BCUT2D eigenvalue weighted by Gasteiger charge is -2.01. The molecule has 1 N–H and O–H groups in total. The fraction of sp³-hybridized carbons (Fsp3) is 0.364. The van der Waals surface area contributed by atoms with Crippen molar-refractivity contribution in [3.63, 3.8) is 0 Å². The number of rotatable bonds is 3. The quantitative estimate of drug-likeness (QED) is 0.614. The van der Waals surface area contributed by atoms with Gasteiger partial charge in [-0.15, -0.1) is 0 Å². The van der Waals surface area contributed by atoms with Crippen molar-refractivity contribution in [2.24, 2.45) is 0 Å². The van der Waals surface area contributed by atoms with Crippen molar-refractivity contribution in [3.8, 4) is 11.5 Å². The van der Waals surface area contributed by atoms with Crippen LogP contribution < -0.4 is 4.74 Å². The van der Waals surface area contributed by atoms with Gasteiger partial charge < -0.3 is 14.3 Å². The van der Waals surface area contributed by atoms with Gasteiger partial charge in [0.2, 0.25) is 11.5 Å². The highest BCUT2D eigenvalue weighted by molar-refractivity contribution is 5.89. The van der Waals surface area contributed by atoms with Gasteiger partial charge in [-0.25, -0.2) is 4.79 Å². The Morgan fingerprint density at radius 2 is 2.20 bits per heavy atom. The Balaban J connectivity index is 2.99. The van der Waals surface area contributed by atoms with E-state index in [9.17, 15) is 9.90 Å². The SMILES string of the molecule is C=C(C)C(=O)Oc1c(C)oc(CC)c1O. The lowest BCUT2D eigenvalue weighted by molar-refractivity contribution is -0.130. The summed E-state index contributed by atoms with van der Waals surface area (Å²) in [5, 5.41) is 9.64. The van der Waals surface area contributed by atoms with Gasteiger partial charge in [-0.2, -0.15) is 0 Å². The second-order valence-corrected chi connectivity index (χ2v) is 3.28. The van der Waals surface area contributed by atoms with Crippen LogP contribution in [-0.2, 0) is 11.2 Å². The first-order valence-corrected chi connectivity index (χ1v) is 4.66. The average Bonchev–Trinajstić information content (AvgIpc) is 2.44. The Morgan fingerprint density at radius 3 is 2.60 bits per heavy atom. The summed E-state index contributed by atoms with van der Waals surface area (Å²) in [5.74, 6) is 0.206. The van der Waals surface area contributed by atoms with Gasteiger partial charge >= 0.3 is 5.97 Å². The molecule has 0 radical (unpaired) electrons. The molecule has 0 unspecified atom stereocenters. The van der Waals surface area contributed by atoms with Crippen LogP contribution in [0.3, 0.4) is 0 Å². The van der Waals surface area contributed by atoms with Gasteiger partial charge in [-0.1, -0.05) is 13.5 Å². The molecule has 0 saturated heterocycles. The summed E-state index contributed by atoms with van der Waals surface area (Å²) in [6.07, 6.45) is 0.539. The van der Waals surface area contributed by atoms with Gasteiger partial charge in [0.1, 0.15) is 11.5 Å². The Hall–Kier alpha value is -1.71. The van der Waals surface area contributed by atoms with Crippen LogP contribution in [-0.4, -0.2) is 11.1 Å². The number of aryl methyl sites for hydroxylation is 2. The number of esters is 1. The normalized spacial score (nSPS) is 10.1. The lowest BCUT2D eigenvalue weighted by atomic mass is 10.3. The van der Waals surface area contributed by atoms with Crippen LogP contribution in [0.4, 0.5) is 0 Å². The molecule has 4 nitrogen and oxygen atoms in total. The zero-order valence-corrected chi connectivity index (χ0v) is 9.09. The van der Waals surface area contributed by atoms with Crippen molar-refractivity contribution in [2.75, 3.05) is 0 Å². The van der Waals surface area contributed by atoms with E-state index in [2.05, 4.69) is 6.58 Å². The molecule has 4 heteroatoms. The molecule has 0 amide bonds.